The van der Waals surface area contributed by atoms with Gasteiger partial charge in [0.15, 0.2) is 0 Å². The molecule has 3 nitrogen and oxygen atoms in total. The molecule has 128 valence electrons. The Morgan fingerprint density at radius 2 is 1.92 bits per heavy atom. The lowest BCUT2D eigenvalue weighted by Crippen LogP contribution is -2.35. The number of carbonyl (C=O) groups is 1. The van der Waals surface area contributed by atoms with Crippen molar-refractivity contribution in [2.45, 2.75) is 31.7 Å². The van der Waals surface area contributed by atoms with Crippen LogP contribution in [0.2, 0.25) is 0 Å². The topological polar surface area (TPSA) is 32.3 Å². The van der Waals surface area contributed by atoms with E-state index in [-0.39, 0.29) is 12.0 Å². The van der Waals surface area contributed by atoms with Crippen molar-refractivity contribution in [2.75, 3.05) is 25.4 Å². The summed E-state index contributed by atoms with van der Waals surface area (Å²) in [6.45, 7) is 3.14. The number of thioether (sulfide) groups is 1. The van der Waals surface area contributed by atoms with Crippen LogP contribution in [-0.4, -0.2) is 36.2 Å². The second-order valence-electron chi connectivity index (χ2n) is 7.11. The quantitative estimate of drug-likeness (QED) is 0.911. The maximum absolute atomic E-state index is 13.1. The van der Waals surface area contributed by atoms with Crippen molar-refractivity contribution < 1.29 is 4.79 Å². The van der Waals surface area contributed by atoms with E-state index in [0.29, 0.717) is 11.8 Å². The van der Waals surface area contributed by atoms with Crippen molar-refractivity contribution in [2.24, 2.45) is 11.8 Å². The Balaban J connectivity index is 1.46. The Kier molecular flexibility index (Phi) is 4.95. The fraction of sp³-hybridized carbons (Fsp3) is 0.550. The molecule has 3 aliphatic rings. The number of nitrogens with one attached hydrogen (secondary N) is 1. The maximum Gasteiger partial charge on any atom is 0.230 e. The van der Waals surface area contributed by atoms with E-state index in [1.165, 1.54) is 23.3 Å². The molecule has 2 fully saturated rings. The fourth-order valence-corrected chi connectivity index (χ4v) is 5.59. The number of hydrogen-bond donors (Lipinski definition) is 1. The van der Waals surface area contributed by atoms with Gasteiger partial charge in [0.2, 0.25) is 5.91 Å². The molecule has 4 rings (SSSR count). The van der Waals surface area contributed by atoms with E-state index in [2.05, 4.69) is 40.6 Å². The summed E-state index contributed by atoms with van der Waals surface area (Å²) in [6, 6.07) is 10.8. The van der Waals surface area contributed by atoms with E-state index in [1.807, 2.05) is 17.8 Å². The Morgan fingerprint density at radius 3 is 2.71 bits per heavy atom. The lowest BCUT2D eigenvalue weighted by molar-refractivity contribution is -0.134. The molecule has 0 aliphatic carbocycles. The van der Waals surface area contributed by atoms with E-state index < -0.39 is 0 Å². The summed E-state index contributed by atoms with van der Waals surface area (Å²) in [4.78, 5) is 16.7. The van der Waals surface area contributed by atoms with Crippen LogP contribution in [0.15, 0.2) is 41.3 Å². The molecule has 0 aromatic heterocycles. The predicted molar refractivity (Wildman–Crippen MR) is 99.8 cm³/mol. The van der Waals surface area contributed by atoms with Gasteiger partial charge in [-0.1, -0.05) is 36.4 Å². The number of nitrogens with zero attached hydrogens (tertiary/aromatic N) is 1. The molecule has 1 aromatic rings. The number of allylic oxidation sites excluding steroid dienone is 1. The second kappa shape index (κ2) is 7.32. The fourth-order valence-electron chi connectivity index (χ4n) is 4.25. The van der Waals surface area contributed by atoms with Gasteiger partial charge in [-0.25, -0.2) is 0 Å². The van der Waals surface area contributed by atoms with Crippen LogP contribution in [0.3, 0.4) is 0 Å². The number of likely N-dealkylation sites (tertiary alicyclic amines) is 1. The van der Waals surface area contributed by atoms with Crippen LogP contribution in [0.1, 0.15) is 37.3 Å². The minimum absolute atomic E-state index is 0.0872. The van der Waals surface area contributed by atoms with Gasteiger partial charge in [0.25, 0.3) is 0 Å². The first-order valence-corrected chi connectivity index (χ1v) is 10.2. The molecule has 0 saturated carbocycles. The highest BCUT2D eigenvalue weighted by atomic mass is 32.2. The zero-order valence-electron chi connectivity index (χ0n) is 14.1. The molecule has 3 aliphatic heterocycles. The summed E-state index contributed by atoms with van der Waals surface area (Å²) >= 11 is 1.93. The van der Waals surface area contributed by atoms with Gasteiger partial charge >= 0.3 is 0 Å². The molecule has 0 bridgehead atoms. The third kappa shape index (κ3) is 3.27. The Morgan fingerprint density at radius 1 is 1.12 bits per heavy atom. The summed E-state index contributed by atoms with van der Waals surface area (Å²) in [6.07, 6.45) is 6.95. The first-order valence-electron chi connectivity index (χ1n) is 9.23. The van der Waals surface area contributed by atoms with Gasteiger partial charge in [-0.3, -0.25) is 4.79 Å². The maximum atomic E-state index is 13.1. The highest BCUT2D eigenvalue weighted by molar-refractivity contribution is 8.03. The molecule has 0 spiro atoms. The number of rotatable bonds is 3. The van der Waals surface area contributed by atoms with Crippen LogP contribution < -0.4 is 5.32 Å². The van der Waals surface area contributed by atoms with Crippen molar-refractivity contribution in [1.82, 2.24) is 10.2 Å². The van der Waals surface area contributed by atoms with Crippen LogP contribution >= 0.6 is 11.8 Å². The molecule has 4 heteroatoms. The molecule has 1 N–H and O–H groups in total. The lowest BCUT2D eigenvalue weighted by atomic mass is 9.95. The standard InChI is InChI=1S/C20H26N2OS/c23-20(17-13-19(24-14-17)16-8-10-21-11-9-16)22-12-4-7-18(22)15-5-2-1-3-6-15/h1-3,5-6,13,16-18,21H,4,7-12,14H2. The Hall–Kier alpha value is -1.26. The zero-order valence-corrected chi connectivity index (χ0v) is 14.9. The summed E-state index contributed by atoms with van der Waals surface area (Å²) < 4.78 is 0. The normalized spacial score (nSPS) is 28.2. The van der Waals surface area contributed by atoms with Gasteiger partial charge in [0.05, 0.1) is 12.0 Å². The van der Waals surface area contributed by atoms with Crippen LogP contribution in [0.25, 0.3) is 0 Å². The third-order valence-electron chi connectivity index (χ3n) is 5.57. The van der Waals surface area contributed by atoms with Crippen LogP contribution in [0, 0.1) is 11.8 Å². The van der Waals surface area contributed by atoms with Crippen LogP contribution in [0.4, 0.5) is 0 Å². The van der Waals surface area contributed by atoms with Crippen molar-refractivity contribution >= 4 is 17.7 Å². The summed E-state index contributed by atoms with van der Waals surface area (Å²) in [5.74, 6) is 2.05. The molecular weight excluding hydrogens is 316 g/mol. The van der Waals surface area contributed by atoms with E-state index >= 15 is 0 Å². The number of carbonyl (C=O) groups excluding carboxylic acids is 1. The van der Waals surface area contributed by atoms with Crippen molar-refractivity contribution in [3.05, 3.63) is 46.9 Å². The smallest absolute Gasteiger partial charge is 0.230 e. The summed E-state index contributed by atoms with van der Waals surface area (Å²) in [5.41, 5.74) is 1.29. The van der Waals surface area contributed by atoms with E-state index in [1.54, 1.807) is 0 Å². The van der Waals surface area contributed by atoms with Crippen LogP contribution in [0.5, 0.6) is 0 Å². The lowest BCUT2D eigenvalue weighted by Gasteiger charge is -2.27. The zero-order chi connectivity index (χ0) is 16.4. The molecular formula is C20H26N2OS. The highest BCUT2D eigenvalue weighted by Gasteiger charge is 2.36. The van der Waals surface area contributed by atoms with Crippen LogP contribution in [-0.2, 0) is 4.79 Å². The monoisotopic (exact) mass is 342 g/mol. The van der Waals surface area contributed by atoms with Gasteiger partial charge in [0, 0.05) is 12.3 Å². The number of piperidine rings is 1. The van der Waals surface area contributed by atoms with Gasteiger partial charge in [-0.2, -0.15) is 0 Å². The minimum atomic E-state index is 0.0872. The van der Waals surface area contributed by atoms with E-state index in [0.717, 1.165) is 38.2 Å². The molecule has 2 atom stereocenters. The third-order valence-corrected chi connectivity index (χ3v) is 6.90. The molecule has 1 amide bonds. The van der Waals surface area contributed by atoms with Gasteiger partial charge in [-0.05, 0) is 55.2 Å². The molecule has 24 heavy (non-hydrogen) atoms. The van der Waals surface area contributed by atoms with E-state index in [4.69, 9.17) is 0 Å². The molecule has 2 saturated heterocycles. The van der Waals surface area contributed by atoms with Gasteiger partial charge in [0.1, 0.15) is 0 Å². The largest absolute Gasteiger partial charge is 0.335 e. The average Bonchev–Trinajstić information content (AvgIpc) is 3.32. The van der Waals surface area contributed by atoms with Gasteiger partial charge in [-0.15, -0.1) is 11.8 Å². The SMILES string of the molecule is O=C(C1C=C(C2CCNCC2)SC1)N1CCCC1c1ccccc1. The summed E-state index contributed by atoms with van der Waals surface area (Å²) in [5, 5.41) is 3.43. The average molecular weight is 343 g/mol. The first kappa shape index (κ1) is 16.2. The second-order valence-corrected chi connectivity index (χ2v) is 8.20. The number of hydrogen-bond acceptors (Lipinski definition) is 3. The van der Waals surface area contributed by atoms with Crippen molar-refractivity contribution in [1.29, 1.82) is 0 Å². The molecule has 3 heterocycles. The van der Waals surface area contributed by atoms with Crippen molar-refractivity contribution in [3.8, 4) is 0 Å². The van der Waals surface area contributed by atoms with Gasteiger partial charge < -0.3 is 10.2 Å². The number of amides is 1. The highest BCUT2D eigenvalue weighted by Crippen LogP contribution is 2.41. The predicted octanol–water partition coefficient (Wildman–Crippen LogP) is 3.60. The molecule has 2 unspecified atom stereocenters. The van der Waals surface area contributed by atoms with Crippen molar-refractivity contribution in [3.63, 3.8) is 0 Å². The molecule has 0 radical (unpaired) electrons. The Bertz CT molecular complexity index is 609. The van der Waals surface area contributed by atoms with E-state index in [9.17, 15) is 4.79 Å². The molecule has 1 aromatic carbocycles. The number of benzene rings is 1. The summed E-state index contributed by atoms with van der Waals surface area (Å²) in [7, 11) is 0. The minimum Gasteiger partial charge on any atom is -0.335 e. The Labute approximate surface area is 148 Å². The first-order chi connectivity index (χ1) is 11.8.